The summed E-state index contributed by atoms with van der Waals surface area (Å²) in [5.74, 6) is 1.36. The number of hydrogen-bond donors (Lipinski definition) is 1. The van der Waals surface area contributed by atoms with Gasteiger partial charge in [0.2, 0.25) is 5.88 Å². The van der Waals surface area contributed by atoms with E-state index in [2.05, 4.69) is 9.97 Å². The van der Waals surface area contributed by atoms with Crippen molar-refractivity contribution in [3.05, 3.63) is 17.6 Å². The maximum absolute atomic E-state index is 6.17. The molecule has 4 heteroatoms. The van der Waals surface area contributed by atoms with E-state index in [1.165, 1.54) is 43.4 Å². The standard InChI is InChI=1S/C15H23N3O/c1-19-14-12(13(11-5-6-11)17-10-18-14)15(9-16)7-3-2-4-8-15/h10-11H,2-9,16H2,1H3. The minimum Gasteiger partial charge on any atom is -0.481 e. The molecular weight excluding hydrogens is 238 g/mol. The SMILES string of the molecule is COc1ncnc(C2CC2)c1C1(CN)CCCCC1. The molecule has 19 heavy (non-hydrogen) atoms. The van der Waals surface area contributed by atoms with Gasteiger partial charge in [0.05, 0.1) is 12.8 Å². The van der Waals surface area contributed by atoms with E-state index in [1.54, 1.807) is 13.4 Å². The highest BCUT2D eigenvalue weighted by Gasteiger charge is 2.41. The van der Waals surface area contributed by atoms with Gasteiger partial charge in [-0.15, -0.1) is 0 Å². The molecule has 2 saturated carbocycles. The second-order valence-electron chi connectivity index (χ2n) is 5.96. The lowest BCUT2D eigenvalue weighted by molar-refractivity contribution is 0.280. The molecule has 2 aliphatic rings. The third kappa shape index (κ3) is 2.22. The fourth-order valence-corrected chi connectivity index (χ4v) is 3.49. The van der Waals surface area contributed by atoms with Crippen molar-refractivity contribution in [2.45, 2.75) is 56.3 Å². The molecule has 0 aliphatic heterocycles. The van der Waals surface area contributed by atoms with Crippen LogP contribution in [0.15, 0.2) is 6.33 Å². The molecule has 104 valence electrons. The highest BCUT2D eigenvalue weighted by molar-refractivity contribution is 5.41. The Balaban J connectivity index is 2.09. The summed E-state index contributed by atoms with van der Waals surface area (Å²) in [4.78, 5) is 8.92. The van der Waals surface area contributed by atoms with Crippen molar-refractivity contribution in [1.29, 1.82) is 0 Å². The average Bonchev–Trinajstić information content (AvgIpc) is 3.32. The first-order valence-corrected chi connectivity index (χ1v) is 7.40. The Labute approximate surface area is 114 Å². The van der Waals surface area contributed by atoms with Gasteiger partial charge in [-0.1, -0.05) is 19.3 Å². The largest absolute Gasteiger partial charge is 0.481 e. The van der Waals surface area contributed by atoms with Gasteiger partial charge in [0.1, 0.15) is 6.33 Å². The third-order valence-corrected chi connectivity index (χ3v) is 4.73. The van der Waals surface area contributed by atoms with Crippen LogP contribution in [0.4, 0.5) is 0 Å². The van der Waals surface area contributed by atoms with Crippen LogP contribution in [0.3, 0.4) is 0 Å². The molecule has 3 rings (SSSR count). The molecular formula is C15H23N3O. The predicted octanol–water partition coefficient (Wildman–Crippen LogP) is 2.52. The highest BCUT2D eigenvalue weighted by atomic mass is 16.5. The molecule has 0 aromatic carbocycles. The summed E-state index contributed by atoms with van der Waals surface area (Å²) in [5, 5.41) is 0. The minimum absolute atomic E-state index is 0.0444. The average molecular weight is 261 g/mol. The number of nitrogens with zero attached hydrogens (tertiary/aromatic N) is 2. The zero-order chi connectivity index (χ0) is 13.3. The molecule has 1 heterocycles. The third-order valence-electron chi connectivity index (χ3n) is 4.73. The second-order valence-corrected chi connectivity index (χ2v) is 5.96. The van der Waals surface area contributed by atoms with Crippen LogP contribution in [0.1, 0.15) is 62.1 Å². The van der Waals surface area contributed by atoms with Gasteiger partial charge in [-0.25, -0.2) is 9.97 Å². The summed E-state index contributed by atoms with van der Waals surface area (Å²) in [7, 11) is 1.70. The smallest absolute Gasteiger partial charge is 0.220 e. The Morgan fingerprint density at radius 1 is 1.26 bits per heavy atom. The lowest BCUT2D eigenvalue weighted by Gasteiger charge is -2.38. The van der Waals surface area contributed by atoms with Gasteiger partial charge in [0.25, 0.3) is 0 Å². The molecule has 0 unspecified atom stereocenters. The number of hydrogen-bond acceptors (Lipinski definition) is 4. The van der Waals surface area contributed by atoms with Gasteiger partial charge >= 0.3 is 0 Å². The van der Waals surface area contributed by atoms with Crippen LogP contribution < -0.4 is 10.5 Å². The monoisotopic (exact) mass is 261 g/mol. The zero-order valence-corrected chi connectivity index (χ0v) is 11.7. The molecule has 0 spiro atoms. The Bertz CT molecular complexity index is 451. The summed E-state index contributed by atoms with van der Waals surface area (Å²) in [6.07, 6.45) is 10.2. The Hall–Kier alpha value is -1.16. The van der Waals surface area contributed by atoms with Crippen LogP contribution in [0, 0.1) is 0 Å². The predicted molar refractivity (Wildman–Crippen MR) is 74.4 cm³/mol. The summed E-state index contributed by atoms with van der Waals surface area (Å²) in [5.41, 5.74) is 8.65. The fourth-order valence-electron chi connectivity index (χ4n) is 3.49. The van der Waals surface area contributed by atoms with E-state index >= 15 is 0 Å². The van der Waals surface area contributed by atoms with Crippen LogP contribution in [-0.2, 0) is 5.41 Å². The lowest BCUT2D eigenvalue weighted by Crippen LogP contribution is -2.38. The number of methoxy groups -OCH3 is 1. The van der Waals surface area contributed by atoms with Crippen molar-refractivity contribution >= 4 is 0 Å². The van der Waals surface area contributed by atoms with Crippen LogP contribution >= 0.6 is 0 Å². The second kappa shape index (κ2) is 5.08. The van der Waals surface area contributed by atoms with Crippen molar-refractivity contribution in [3.8, 4) is 5.88 Å². The van der Waals surface area contributed by atoms with Crippen molar-refractivity contribution < 1.29 is 4.74 Å². The summed E-state index contributed by atoms with van der Waals surface area (Å²) < 4.78 is 5.54. The number of ether oxygens (including phenoxy) is 1. The first-order valence-electron chi connectivity index (χ1n) is 7.40. The molecule has 0 radical (unpaired) electrons. The maximum Gasteiger partial charge on any atom is 0.220 e. The van der Waals surface area contributed by atoms with E-state index in [9.17, 15) is 0 Å². The van der Waals surface area contributed by atoms with E-state index in [0.29, 0.717) is 12.5 Å². The molecule has 1 aromatic rings. The van der Waals surface area contributed by atoms with Gasteiger partial charge in [-0.05, 0) is 25.7 Å². The number of rotatable bonds is 4. The Morgan fingerprint density at radius 3 is 2.58 bits per heavy atom. The van der Waals surface area contributed by atoms with Crippen molar-refractivity contribution in [2.24, 2.45) is 5.73 Å². The molecule has 2 N–H and O–H groups in total. The maximum atomic E-state index is 6.17. The van der Waals surface area contributed by atoms with Crippen LogP contribution in [0.5, 0.6) is 5.88 Å². The van der Waals surface area contributed by atoms with Gasteiger partial charge in [0, 0.05) is 23.4 Å². The van der Waals surface area contributed by atoms with Gasteiger partial charge in [0.15, 0.2) is 0 Å². The Morgan fingerprint density at radius 2 is 2.00 bits per heavy atom. The van der Waals surface area contributed by atoms with Crippen molar-refractivity contribution in [3.63, 3.8) is 0 Å². The molecule has 2 aliphatic carbocycles. The van der Waals surface area contributed by atoms with Crippen molar-refractivity contribution in [1.82, 2.24) is 9.97 Å². The Kier molecular flexibility index (Phi) is 3.44. The fraction of sp³-hybridized carbons (Fsp3) is 0.733. The topological polar surface area (TPSA) is 61.0 Å². The van der Waals surface area contributed by atoms with E-state index in [1.807, 2.05) is 0 Å². The summed E-state index contributed by atoms with van der Waals surface area (Å²) >= 11 is 0. The molecule has 0 saturated heterocycles. The van der Waals surface area contributed by atoms with Crippen molar-refractivity contribution in [2.75, 3.05) is 13.7 Å². The number of aromatic nitrogens is 2. The zero-order valence-electron chi connectivity index (χ0n) is 11.7. The molecule has 4 nitrogen and oxygen atoms in total. The van der Waals surface area contributed by atoms with E-state index < -0.39 is 0 Å². The van der Waals surface area contributed by atoms with E-state index in [-0.39, 0.29) is 5.41 Å². The quantitative estimate of drug-likeness (QED) is 0.904. The molecule has 1 aromatic heterocycles. The first-order chi connectivity index (χ1) is 9.30. The molecule has 0 amide bonds. The molecule has 0 atom stereocenters. The van der Waals surface area contributed by atoms with Gasteiger partial charge in [-0.3, -0.25) is 0 Å². The molecule has 0 bridgehead atoms. The minimum atomic E-state index is 0.0444. The van der Waals surface area contributed by atoms with Crippen LogP contribution in [0.25, 0.3) is 0 Å². The van der Waals surface area contributed by atoms with Crippen LogP contribution in [0.2, 0.25) is 0 Å². The van der Waals surface area contributed by atoms with E-state index in [4.69, 9.17) is 10.5 Å². The normalized spacial score (nSPS) is 22.2. The first kappa shape index (κ1) is 12.9. The van der Waals surface area contributed by atoms with Gasteiger partial charge in [-0.2, -0.15) is 0 Å². The summed E-state index contributed by atoms with van der Waals surface area (Å²) in [6, 6.07) is 0. The van der Waals surface area contributed by atoms with Gasteiger partial charge < -0.3 is 10.5 Å². The highest BCUT2D eigenvalue weighted by Crippen LogP contribution is 2.49. The lowest BCUT2D eigenvalue weighted by atomic mass is 9.68. The molecule has 2 fully saturated rings. The van der Waals surface area contributed by atoms with Crippen LogP contribution in [-0.4, -0.2) is 23.6 Å². The number of nitrogens with two attached hydrogens (primary N) is 1. The van der Waals surface area contributed by atoms with E-state index in [0.717, 1.165) is 18.7 Å². The summed E-state index contributed by atoms with van der Waals surface area (Å²) in [6.45, 7) is 0.677.